The molecule has 154 valence electrons. The Morgan fingerprint density at radius 3 is 2.38 bits per heavy atom. The van der Waals surface area contributed by atoms with E-state index in [4.69, 9.17) is 5.73 Å². The topological polar surface area (TPSA) is 96.6 Å². The van der Waals surface area contributed by atoms with Gasteiger partial charge in [-0.15, -0.1) is 0 Å². The normalized spacial score (nSPS) is 24.8. The van der Waals surface area contributed by atoms with Crippen molar-refractivity contribution < 1.29 is 14.4 Å². The number of nitrogens with two attached hydrogens (primary N) is 1. The van der Waals surface area contributed by atoms with Crippen LogP contribution >= 0.6 is 0 Å². The van der Waals surface area contributed by atoms with Crippen molar-refractivity contribution in [3.05, 3.63) is 41.7 Å². The summed E-state index contributed by atoms with van der Waals surface area (Å²) < 4.78 is 0. The molecule has 0 aromatic carbocycles. The molecule has 4 rings (SSSR count). The molecular weight excluding hydrogens is 368 g/mol. The monoisotopic (exact) mass is 396 g/mol. The zero-order valence-corrected chi connectivity index (χ0v) is 16.6. The number of amides is 3. The lowest BCUT2D eigenvalue weighted by Crippen LogP contribution is -2.63. The molecule has 3 heterocycles. The van der Waals surface area contributed by atoms with Crippen molar-refractivity contribution in [1.29, 1.82) is 0 Å². The Hall–Kier alpha value is -2.70. The van der Waals surface area contributed by atoms with Crippen LogP contribution in [-0.4, -0.2) is 57.7 Å². The molecule has 1 aromatic rings. The molecule has 29 heavy (non-hydrogen) atoms. The summed E-state index contributed by atoms with van der Waals surface area (Å²) in [7, 11) is 0. The van der Waals surface area contributed by atoms with Crippen molar-refractivity contribution in [3.63, 3.8) is 0 Å². The van der Waals surface area contributed by atoms with E-state index in [9.17, 15) is 14.4 Å². The highest BCUT2D eigenvalue weighted by molar-refractivity contribution is 6.05. The Morgan fingerprint density at radius 2 is 1.72 bits per heavy atom. The van der Waals surface area contributed by atoms with Gasteiger partial charge in [0.15, 0.2) is 0 Å². The van der Waals surface area contributed by atoms with Gasteiger partial charge in [0.2, 0.25) is 5.91 Å². The number of carbonyl (C=O) groups is 3. The molecule has 1 aliphatic carbocycles. The highest BCUT2D eigenvalue weighted by Crippen LogP contribution is 2.31. The molecule has 2 bridgehead atoms. The maximum absolute atomic E-state index is 13.1. The van der Waals surface area contributed by atoms with E-state index < -0.39 is 5.91 Å². The molecule has 3 amide bonds. The SMILES string of the molecule is NC(=O)c1ncccc1C(=O)N1CC2CCCC(C1)N2C(=O)/C=C/C1CCCC1. The molecule has 0 radical (unpaired) electrons. The molecule has 2 unspecified atom stereocenters. The quantitative estimate of drug-likeness (QED) is 0.789. The number of pyridine rings is 1. The van der Waals surface area contributed by atoms with Crippen molar-refractivity contribution in [2.45, 2.75) is 57.0 Å². The highest BCUT2D eigenvalue weighted by Gasteiger charge is 2.41. The third kappa shape index (κ3) is 4.04. The Balaban J connectivity index is 1.49. The van der Waals surface area contributed by atoms with Crippen LogP contribution in [0.1, 0.15) is 65.8 Å². The maximum Gasteiger partial charge on any atom is 0.268 e. The van der Waals surface area contributed by atoms with Crippen LogP contribution in [0.5, 0.6) is 0 Å². The zero-order valence-electron chi connectivity index (χ0n) is 16.6. The van der Waals surface area contributed by atoms with Gasteiger partial charge in [-0.1, -0.05) is 18.9 Å². The summed E-state index contributed by atoms with van der Waals surface area (Å²) in [5.74, 6) is -0.352. The van der Waals surface area contributed by atoms with Gasteiger partial charge in [0, 0.05) is 31.4 Å². The summed E-state index contributed by atoms with van der Waals surface area (Å²) >= 11 is 0. The maximum atomic E-state index is 13.1. The van der Waals surface area contributed by atoms with Gasteiger partial charge < -0.3 is 15.5 Å². The van der Waals surface area contributed by atoms with E-state index in [1.165, 1.54) is 31.9 Å². The van der Waals surface area contributed by atoms with E-state index in [1.54, 1.807) is 23.1 Å². The molecule has 1 aromatic heterocycles. The number of primary amides is 1. The highest BCUT2D eigenvalue weighted by atomic mass is 16.2. The first-order valence-electron chi connectivity index (χ1n) is 10.6. The zero-order chi connectivity index (χ0) is 20.4. The fraction of sp³-hybridized carbons (Fsp3) is 0.545. The van der Waals surface area contributed by atoms with Crippen molar-refractivity contribution in [1.82, 2.24) is 14.8 Å². The van der Waals surface area contributed by atoms with E-state index in [0.717, 1.165) is 19.3 Å². The van der Waals surface area contributed by atoms with Crippen LogP contribution < -0.4 is 5.73 Å². The lowest BCUT2D eigenvalue weighted by molar-refractivity contribution is -0.136. The van der Waals surface area contributed by atoms with Gasteiger partial charge in [0.25, 0.3) is 11.8 Å². The van der Waals surface area contributed by atoms with Crippen LogP contribution in [0.15, 0.2) is 30.5 Å². The molecular formula is C22H28N4O3. The number of hydrogen-bond donors (Lipinski definition) is 1. The number of nitrogens with zero attached hydrogens (tertiary/aromatic N) is 3. The van der Waals surface area contributed by atoms with Crippen LogP contribution in [0.4, 0.5) is 0 Å². The van der Waals surface area contributed by atoms with Gasteiger partial charge in [-0.25, -0.2) is 0 Å². The van der Waals surface area contributed by atoms with Gasteiger partial charge in [-0.05, 0) is 56.2 Å². The van der Waals surface area contributed by atoms with Crippen molar-refractivity contribution in [2.24, 2.45) is 11.7 Å². The van der Waals surface area contributed by atoms with Crippen LogP contribution in [0.25, 0.3) is 0 Å². The molecule has 2 aliphatic heterocycles. The van der Waals surface area contributed by atoms with Gasteiger partial charge in [-0.3, -0.25) is 19.4 Å². The van der Waals surface area contributed by atoms with Crippen LogP contribution in [0.2, 0.25) is 0 Å². The fourth-order valence-electron chi connectivity index (χ4n) is 5.03. The molecule has 0 spiro atoms. The van der Waals surface area contributed by atoms with Crippen molar-refractivity contribution >= 4 is 17.7 Å². The van der Waals surface area contributed by atoms with E-state index in [-0.39, 0.29) is 35.2 Å². The smallest absolute Gasteiger partial charge is 0.268 e. The van der Waals surface area contributed by atoms with Crippen molar-refractivity contribution in [2.75, 3.05) is 13.1 Å². The molecule has 1 saturated carbocycles. The van der Waals surface area contributed by atoms with Gasteiger partial charge in [0.05, 0.1) is 5.56 Å². The summed E-state index contributed by atoms with van der Waals surface area (Å²) in [6, 6.07) is 3.25. The summed E-state index contributed by atoms with van der Waals surface area (Å²) in [5, 5.41) is 0. The molecule has 7 nitrogen and oxygen atoms in total. The first-order chi connectivity index (χ1) is 14.0. The first kappa shape index (κ1) is 19.6. The van der Waals surface area contributed by atoms with E-state index >= 15 is 0 Å². The lowest BCUT2D eigenvalue weighted by atomic mass is 9.90. The molecule has 2 saturated heterocycles. The fourth-order valence-corrected chi connectivity index (χ4v) is 5.03. The van der Waals surface area contributed by atoms with Gasteiger partial charge >= 0.3 is 0 Å². The number of allylic oxidation sites excluding steroid dienone is 1. The lowest BCUT2D eigenvalue weighted by Gasteiger charge is -2.49. The summed E-state index contributed by atoms with van der Waals surface area (Å²) in [6.45, 7) is 0.955. The average Bonchev–Trinajstić information content (AvgIpc) is 3.24. The molecule has 2 N–H and O–H groups in total. The second kappa shape index (κ2) is 8.35. The third-order valence-electron chi connectivity index (χ3n) is 6.45. The average molecular weight is 396 g/mol. The number of fused-ring (bicyclic) bond motifs is 2. The second-order valence-electron chi connectivity index (χ2n) is 8.36. The standard InChI is InChI=1S/C22H28N4O3/c23-21(28)20-18(9-4-12-24-20)22(29)25-13-16-7-3-8-17(14-25)26(16)19(27)11-10-15-5-1-2-6-15/h4,9-12,15-17H,1-3,5-8,13-14H2,(H2,23,28)/b11-10+. The van der Waals surface area contributed by atoms with Gasteiger partial charge in [0.1, 0.15) is 5.69 Å². The number of aromatic nitrogens is 1. The first-order valence-corrected chi connectivity index (χ1v) is 10.6. The van der Waals surface area contributed by atoms with E-state index in [1.807, 2.05) is 4.90 Å². The number of piperidine rings is 1. The summed E-state index contributed by atoms with van der Waals surface area (Å²) in [6.07, 6.45) is 13.0. The number of likely N-dealkylation sites (tertiary alicyclic amines) is 1. The Bertz CT molecular complexity index is 817. The minimum atomic E-state index is -0.708. The minimum Gasteiger partial charge on any atom is -0.364 e. The van der Waals surface area contributed by atoms with Gasteiger partial charge in [-0.2, -0.15) is 0 Å². The number of piperazine rings is 1. The Labute approximate surface area is 170 Å². The minimum absolute atomic E-state index is 0.000613. The van der Waals surface area contributed by atoms with Crippen LogP contribution in [0, 0.1) is 5.92 Å². The van der Waals surface area contributed by atoms with Crippen LogP contribution in [-0.2, 0) is 4.79 Å². The van der Waals surface area contributed by atoms with E-state index in [2.05, 4.69) is 11.1 Å². The predicted octanol–water partition coefficient (Wildman–Crippen LogP) is 2.13. The predicted molar refractivity (Wildman–Crippen MR) is 108 cm³/mol. The third-order valence-corrected chi connectivity index (χ3v) is 6.45. The number of rotatable bonds is 4. The summed E-state index contributed by atoms with van der Waals surface area (Å²) in [5.41, 5.74) is 5.62. The second-order valence-corrected chi connectivity index (χ2v) is 8.36. The Morgan fingerprint density at radius 1 is 1.03 bits per heavy atom. The summed E-state index contributed by atoms with van der Waals surface area (Å²) in [4.78, 5) is 45.4. The molecule has 7 heteroatoms. The molecule has 3 aliphatic rings. The Kier molecular flexibility index (Phi) is 5.65. The van der Waals surface area contributed by atoms with Crippen molar-refractivity contribution in [3.8, 4) is 0 Å². The number of carbonyl (C=O) groups excluding carboxylic acids is 3. The van der Waals surface area contributed by atoms with Crippen LogP contribution in [0.3, 0.4) is 0 Å². The largest absolute Gasteiger partial charge is 0.364 e. The number of hydrogen-bond acceptors (Lipinski definition) is 4. The molecule has 2 atom stereocenters. The molecule has 3 fully saturated rings. The van der Waals surface area contributed by atoms with E-state index in [0.29, 0.717) is 19.0 Å².